The van der Waals surface area contributed by atoms with Gasteiger partial charge in [0.25, 0.3) is 11.8 Å². The molecular formula is C23H21N3O2. The highest BCUT2D eigenvalue weighted by Gasteiger charge is 2.33. The van der Waals surface area contributed by atoms with Gasteiger partial charge in [0, 0.05) is 34.3 Å². The van der Waals surface area contributed by atoms with Gasteiger partial charge in [0.1, 0.15) is 0 Å². The smallest absolute Gasteiger partial charge is 0.251 e. The molecule has 1 aromatic heterocycles. The second kappa shape index (κ2) is 6.75. The average Bonchev–Trinajstić information content (AvgIpc) is 3.11. The third kappa shape index (κ3) is 2.93. The second-order valence-electron chi connectivity index (χ2n) is 7.57. The number of hydrogen-bond donors (Lipinski definition) is 2. The van der Waals surface area contributed by atoms with Gasteiger partial charge in [-0.15, -0.1) is 0 Å². The van der Waals surface area contributed by atoms with Crippen molar-refractivity contribution in [2.75, 3.05) is 0 Å². The summed E-state index contributed by atoms with van der Waals surface area (Å²) >= 11 is 0. The number of fused-ring (bicyclic) bond motifs is 3. The van der Waals surface area contributed by atoms with Crippen molar-refractivity contribution in [1.82, 2.24) is 10.3 Å². The number of aromatic amines is 1. The largest absolute Gasteiger partial charge is 0.361 e. The molecule has 5 heteroatoms. The zero-order valence-corrected chi connectivity index (χ0v) is 15.5. The lowest BCUT2D eigenvalue weighted by Crippen LogP contribution is -2.37. The van der Waals surface area contributed by atoms with Crippen LogP contribution in [-0.4, -0.2) is 22.5 Å². The molecule has 1 unspecified atom stereocenters. The summed E-state index contributed by atoms with van der Waals surface area (Å²) in [5.41, 5.74) is 5.58. The van der Waals surface area contributed by atoms with Crippen molar-refractivity contribution in [2.24, 2.45) is 10.9 Å². The number of H-pyrrole nitrogens is 1. The van der Waals surface area contributed by atoms with Gasteiger partial charge in [-0.2, -0.15) is 0 Å². The molecule has 1 atom stereocenters. The van der Waals surface area contributed by atoms with Crippen LogP contribution in [0.4, 0.5) is 0 Å². The number of hydrogen-bond acceptors (Lipinski definition) is 2. The summed E-state index contributed by atoms with van der Waals surface area (Å²) in [5.74, 6) is -0.0629. The first kappa shape index (κ1) is 16.9. The number of benzene rings is 1. The van der Waals surface area contributed by atoms with Crippen LogP contribution in [0, 0.1) is 5.92 Å². The molecule has 140 valence electrons. The topological polar surface area (TPSA) is 74.3 Å². The zero-order chi connectivity index (χ0) is 19.1. The second-order valence-corrected chi connectivity index (χ2v) is 7.57. The summed E-state index contributed by atoms with van der Waals surface area (Å²) < 4.78 is 0. The molecule has 2 aliphatic carbocycles. The Hall–Kier alpha value is -3.21. The predicted octanol–water partition coefficient (Wildman–Crippen LogP) is 3.75. The van der Waals surface area contributed by atoms with Gasteiger partial charge < -0.3 is 10.3 Å². The Kier molecular flexibility index (Phi) is 4.08. The van der Waals surface area contributed by atoms with Crippen molar-refractivity contribution >= 4 is 28.4 Å². The molecule has 2 aromatic rings. The minimum atomic E-state index is -0.195. The van der Waals surface area contributed by atoms with Crippen LogP contribution in [-0.2, 0) is 16.0 Å². The van der Waals surface area contributed by atoms with Gasteiger partial charge in [-0.1, -0.05) is 24.3 Å². The maximum Gasteiger partial charge on any atom is 0.251 e. The lowest BCUT2D eigenvalue weighted by molar-refractivity contribution is -0.118. The summed E-state index contributed by atoms with van der Waals surface area (Å²) in [5, 5.41) is 4.05. The number of rotatable bonds is 2. The fourth-order valence-electron chi connectivity index (χ4n) is 4.45. The highest BCUT2D eigenvalue weighted by atomic mass is 16.2. The first-order valence-corrected chi connectivity index (χ1v) is 9.78. The first-order valence-electron chi connectivity index (χ1n) is 9.78. The molecule has 5 nitrogen and oxygen atoms in total. The van der Waals surface area contributed by atoms with E-state index >= 15 is 0 Å². The molecule has 0 radical (unpaired) electrons. The summed E-state index contributed by atoms with van der Waals surface area (Å²) in [4.78, 5) is 32.4. The minimum absolute atomic E-state index is 0.0111. The van der Waals surface area contributed by atoms with E-state index in [0.717, 1.165) is 53.4 Å². The van der Waals surface area contributed by atoms with Gasteiger partial charge in [0.05, 0.1) is 12.1 Å². The summed E-state index contributed by atoms with van der Waals surface area (Å²) in [6, 6.07) is 7.92. The third-order valence-electron chi connectivity index (χ3n) is 5.79. The van der Waals surface area contributed by atoms with Gasteiger partial charge in [-0.25, -0.2) is 4.99 Å². The standard InChI is InChI=1S/C23H21N3O2/c27-22(11-14-13-24-20-8-4-3-5-16(14)20)25-15-9-10-18-17-6-1-2-7-19(17)23(28)26-21(18)12-15/h3-5,8-10,12-13,18,24H,1-2,6-7,11H2,(H,26,28). The Balaban J connectivity index is 1.38. The van der Waals surface area contributed by atoms with Crippen LogP contribution < -0.4 is 5.32 Å². The molecule has 0 saturated carbocycles. The normalized spacial score (nSPS) is 22.7. The SMILES string of the molecule is O=C(Cc1c[nH]c2ccccc12)N=C1C=CC2C(=C1)NC(=O)C1=C2CCCC1. The number of carbonyl (C=O) groups is 2. The number of nitrogens with one attached hydrogen (secondary N) is 2. The van der Waals surface area contributed by atoms with Gasteiger partial charge >= 0.3 is 0 Å². The van der Waals surface area contributed by atoms with E-state index in [2.05, 4.69) is 21.4 Å². The van der Waals surface area contributed by atoms with E-state index in [1.165, 1.54) is 5.57 Å². The molecule has 5 rings (SSSR count). The predicted molar refractivity (Wildman–Crippen MR) is 109 cm³/mol. The van der Waals surface area contributed by atoms with Crippen molar-refractivity contribution in [3.8, 4) is 0 Å². The number of amides is 2. The minimum Gasteiger partial charge on any atom is -0.361 e. The molecule has 28 heavy (non-hydrogen) atoms. The van der Waals surface area contributed by atoms with E-state index in [9.17, 15) is 9.59 Å². The summed E-state index contributed by atoms with van der Waals surface area (Å²) in [6.45, 7) is 0. The van der Waals surface area contributed by atoms with Crippen LogP contribution in [0.3, 0.4) is 0 Å². The molecule has 2 heterocycles. The van der Waals surface area contributed by atoms with E-state index in [1.807, 2.05) is 42.6 Å². The van der Waals surface area contributed by atoms with Gasteiger partial charge in [0.15, 0.2) is 0 Å². The molecule has 2 N–H and O–H groups in total. The van der Waals surface area contributed by atoms with Gasteiger partial charge in [-0.05, 0) is 55.0 Å². The number of aliphatic imine (C=N–C) groups is 1. The molecule has 2 amide bonds. The molecular weight excluding hydrogens is 350 g/mol. The quantitative estimate of drug-likeness (QED) is 0.844. The van der Waals surface area contributed by atoms with Crippen LogP contribution in [0.25, 0.3) is 10.9 Å². The number of nitrogens with zero attached hydrogens (tertiary/aromatic N) is 1. The monoisotopic (exact) mass is 371 g/mol. The van der Waals surface area contributed by atoms with Crippen molar-refractivity contribution in [1.29, 1.82) is 0 Å². The number of allylic oxidation sites excluding steroid dienone is 3. The van der Waals surface area contributed by atoms with Crippen molar-refractivity contribution in [3.63, 3.8) is 0 Å². The van der Waals surface area contributed by atoms with Gasteiger partial charge in [-0.3, -0.25) is 9.59 Å². The van der Waals surface area contributed by atoms with Crippen LogP contribution in [0.1, 0.15) is 31.2 Å². The highest BCUT2D eigenvalue weighted by molar-refractivity contribution is 6.12. The molecule has 0 fully saturated rings. The Morgan fingerprint density at radius 3 is 2.96 bits per heavy atom. The fourth-order valence-corrected chi connectivity index (χ4v) is 4.45. The van der Waals surface area contributed by atoms with Crippen LogP contribution in [0.15, 0.2) is 70.5 Å². The lowest BCUT2D eigenvalue weighted by Gasteiger charge is -2.33. The van der Waals surface area contributed by atoms with Gasteiger partial charge in [0.2, 0.25) is 0 Å². The number of para-hydroxylation sites is 1. The fraction of sp³-hybridized carbons (Fsp3) is 0.261. The summed E-state index contributed by atoms with van der Waals surface area (Å²) in [7, 11) is 0. The Bertz CT molecular complexity index is 1110. The Morgan fingerprint density at radius 2 is 2.04 bits per heavy atom. The van der Waals surface area contributed by atoms with Crippen LogP contribution in [0.2, 0.25) is 0 Å². The maximum atomic E-state index is 12.5. The third-order valence-corrected chi connectivity index (χ3v) is 5.79. The number of aromatic nitrogens is 1. The van der Waals surface area contributed by atoms with E-state index in [0.29, 0.717) is 5.71 Å². The first-order chi connectivity index (χ1) is 13.7. The van der Waals surface area contributed by atoms with E-state index in [1.54, 1.807) is 0 Å². The lowest BCUT2D eigenvalue weighted by atomic mass is 9.77. The molecule has 1 aromatic carbocycles. The maximum absolute atomic E-state index is 12.5. The van der Waals surface area contributed by atoms with Crippen molar-refractivity contribution in [2.45, 2.75) is 32.1 Å². The highest BCUT2D eigenvalue weighted by Crippen LogP contribution is 2.38. The molecule has 0 saturated heterocycles. The van der Waals surface area contributed by atoms with Crippen molar-refractivity contribution < 1.29 is 9.59 Å². The van der Waals surface area contributed by atoms with E-state index in [4.69, 9.17) is 0 Å². The molecule has 3 aliphatic rings. The van der Waals surface area contributed by atoms with Crippen LogP contribution in [0.5, 0.6) is 0 Å². The molecule has 0 bridgehead atoms. The van der Waals surface area contributed by atoms with Crippen molar-refractivity contribution in [3.05, 3.63) is 71.1 Å². The molecule has 0 spiro atoms. The zero-order valence-electron chi connectivity index (χ0n) is 15.5. The summed E-state index contributed by atoms with van der Waals surface area (Å²) in [6.07, 6.45) is 12.0. The Labute approximate surface area is 162 Å². The Morgan fingerprint density at radius 1 is 1.18 bits per heavy atom. The van der Waals surface area contributed by atoms with E-state index < -0.39 is 0 Å². The van der Waals surface area contributed by atoms with Crippen LogP contribution >= 0.6 is 0 Å². The molecule has 1 aliphatic heterocycles. The average molecular weight is 371 g/mol. The number of carbonyl (C=O) groups excluding carboxylic acids is 2. The van der Waals surface area contributed by atoms with E-state index in [-0.39, 0.29) is 24.2 Å².